The third-order valence-corrected chi connectivity index (χ3v) is 3.77. The number of hydrogen-bond donors (Lipinski definition) is 4. The molecule has 9 heteroatoms. The molecule has 0 unspecified atom stereocenters. The van der Waals surface area contributed by atoms with E-state index in [-0.39, 0.29) is 4.47 Å². The largest absolute Gasteiger partial charge is 0.478 e. The van der Waals surface area contributed by atoms with Crippen LogP contribution in [0.5, 0.6) is 0 Å². The monoisotopic (exact) mass is 382 g/mol. The molecule has 2 aromatic carbocycles. The first-order valence-electron chi connectivity index (χ1n) is 5.89. The van der Waals surface area contributed by atoms with E-state index in [1.807, 2.05) is 0 Å². The van der Waals surface area contributed by atoms with Crippen LogP contribution in [0, 0.1) is 0 Å². The summed E-state index contributed by atoms with van der Waals surface area (Å²) >= 11 is 2.90. The minimum absolute atomic E-state index is 0.167. The van der Waals surface area contributed by atoms with Gasteiger partial charge in [-0.1, -0.05) is 0 Å². The van der Waals surface area contributed by atoms with Crippen molar-refractivity contribution in [1.29, 1.82) is 0 Å². The van der Waals surface area contributed by atoms with E-state index in [2.05, 4.69) is 15.9 Å². The topological polar surface area (TPSA) is 149 Å². The lowest BCUT2D eigenvalue weighted by molar-refractivity contribution is 0.0675. The summed E-state index contributed by atoms with van der Waals surface area (Å²) in [7, 11) is 0. The Labute approximate surface area is 135 Å². The third-order valence-electron chi connectivity index (χ3n) is 3.14. The fraction of sp³-hybridized carbons (Fsp3) is 0. The fourth-order valence-corrected chi connectivity index (χ4v) is 2.86. The molecule has 0 aromatic heterocycles. The van der Waals surface area contributed by atoms with Crippen molar-refractivity contribution in [2.24, 2.45) is 0 Å². The number of carboxylic acids is 4. The molecular formula is C14H7BrO8. The van der Waals surface area contributed by atoms with Crippen LogP contribution in [-0.4, -0.2) is 44.3 Å². The molecule has 4 N–H and O–H groups in total. The Hall–Kier alpha value is -2.94. The number of rotatable bonds is 4. The van der Waals surface area contributed by atoms with Crippen LogP contribution in [-0.2, 0) is 0 Å². The standard InChI is InChI=1S/C14H7BrO8/c15-7-3-6(13(20)21)8-4(11(16)17)1-2-5(12(18)19)9(8)10(7)14(22)23/h1-3H,(H,16,17)(H,18,19)(H,20,21)(H,22,23). The quantitative estimate of drug-likeness (QED) is 0.629. The lowest BCUT2D eigenvalue weighted by atomic mass is 9.91. The van der Waals surface area contributed by atoms with Crippen LogP contribution in [0.1, 0.15) is 41.4 Å². The second-order valence-corrected chi connectivity index (χ2v) is 5.27. The molecule has 0 heterocycles. The summed E-state index contributed by atoms with van der Waals surface area (Å²) in [6, 6.07) is 2.80. The predicted molar refractivity (Wildman–Crippen MR) is 79.5 cm³/mol. The smallest absolute Gasteiger partial charge is 0.337 e. The molecule has 0 fully saturated rings. The molecule has 2 rings (SSSR count). The highest BCUT2D eigenvalue weighted by Gasteiger charge is 2.27. The molecule has 0 saturated heterocycles. The Bertz CT molecular complexity index is 900. The molecular weight excluding hydrogens is 376 g/mol. The van der Waals surface area contributed by atoms with Gasteiger partial charge in [0.2, 0.25) is 0 Å². The van der Waals surface area contributed by atoms with Crippen molar-refractivity contribution in [2.45, 2.75) is 0 Å². The highest BCUT2D eigenvalue weighted by molar-refractivity contribution is 9.10. The third kappa shape index (κ3) is 2.61. The second-order valence-electron chi connectivity index (χ2n) is 4.41. The van der Waals surface area contributed by atoms with Crippen molar-refractivity contribution >= 4 is 50.6 Å². The van der Waals surface area contributed by atoms with E-state index in [0.717, 1.165) is 18.2 Å². The summed E-state index contributed by atoms with van der Waals surface area (Å²) in [5, 5.41) is 36.1. The van der Waals surface area contributed by atoms with Crippen LogP contribution in [0.4, 0.5) is 0 Å². The Morgan fingerprint density at radius 2 is 1.13 bits per heavy atom. The average Bonchev–Trinajstić information content (AvgIpc) is 2.43. The van der Waals surface area contributed by atoms with Crippen molar-refractivity contribution < 1.29 is 39.6 Å². The van der Waals surface area contributed by atoms with Crippen LogP contribution >= 0.6 is 15.9 Å². The van der Waals surface area contributed by atoms with Crippen LogP contribution in [0.2, 0.25) is 0 Å². The maximum Gasteiger partial charge on any atom is 0.337 e. The van der Waals surface area contributed by atoms with Gasteiger partial charge in [0, 0.05) is 15.2 Å². The van der Waals surface area contributed by atoms with Crippen LogP contribution in [0.15, 0.2) is 22.7 Å². The molecule has 0 atom stereocenters. The maximum absolute atomic E-state index is 11.5. The van der Waals surface area contributed by atoms with E-state index >= 15 is 0 Å². The molecule has 0 amide bonds. The molecule has 23 heavy (non-hydrogen) atoms. The van der Waals surface area contributed by atoms with Gasteiger partial charge in [-0.15, -0.1) is 0 Å². The van der Waals surface area contributed by atoms with Crippen LogP contribution in [0.3, 0.4) is 0 Å². The zero-order valence-corrected chi connectivity index (χ0v) is 12.6. The summed E-state index contributed by atoms with van der Waals surface area (Å²) in [4.78, 5) is 45.5. The number of carboxylic acid groups (broad SMARTS) is 4. The number of halogens is 1. The van der Waals surface area contributed by atoms with E-state index in [0.29, 0.717) is 0 Å². The fourth-order valence-electron chi connectivity index (χ4n) is 2.27. The number of fused-ring (bicyclic) bond motifs is 1. The Kier molecular flexibility index (Phi) is 4.06. The maximum atomic E-state index is 11.5. The van der Waals surface area contributed by atoms with Crippen molar-refractivity contribution in [3.8, 4) is 0 Å². The molecule has 0 saturated carbocycles. The van der Waals surface area contributed by atoms with Gasteiger partial charge in [0.15, 0.2) is 0 Å². The van der Waals surface area contributed by atoms with Gasteiger partial charge >= 0.3 is 23.9 Å². The summed E-state index contributed by atoms with van der Waals surface area (Å²) < 4.78 is -0.167. The molecule has 0 spiro atoms. The van der Waals surface area contributed by atoms with E-state index in [1.54, 1.807) is 0 Å². The zero-order valence-electron chi connectivity index (χ0n) is 11.0. The van der Waals surface area contributed by atoms with Crippen molar-refractivity contribution in [2.75, 3.05) is 0 Å². The first-order chi connectivity index (χ1) is 10.7. The van der Waals surface area contributed by atoms with E-state index in [9.17, 15) is 39.6 Å². The molecule has 8 nitrogen and oxygen atoms in total. The summed E-state index contributed by atoms with van der Waals surface area (Å²) in [5.41, 5.74) is -2.05. The van der Waals surface area contributed by atoms with Gasteiger partial charge in [-0.2, -0.15) is 0 Å². The van der Waals surface area contributed by atoms with Gasteiger partial charge in [0.05, 0.1) is 22.3 Å². The number of hydrogen-bond acceptors (Lipinski definition) is 4. The molecule has 2 aromatic rings. The summed E-state index contributed by atoms with van der Waals surface area (Å²) in [6.07, 6.45) is 0. The lowest BCUT2D eigenvalue weighted by Crippen LogP contribution is -2.12. The van der Waals surface area contributed by atoms with Gasteiger partial charge in [0.1, 0.15) is 0 Å². The Morgan fingerprint density at radius 3 is 1.52 bits per heavy atom. The zero-order chi connectivity index (χ0) is 17.5. The first kappa shape index (κ1) is 16.4. The van der Waals surface area contributed by atoms with Crippen molar-refractivity contribution in [1.82, 2.24) is 0 Å². The van der Waals surface area contributed by atoms with E-state index in [4.69, 9.17) is 0 Å². The first-order valence-corrected chi connectivity index (χ1v) is 6.68. The van der Waals surface area contributed by atoms with Crippen molar-refractivity contribution in [3.63, 3.8) is 0 Å². The van der Waals surface area contributed by atoms with Gasteiger partial charge in [-0.25, -0.2) is 19.2 Å². The van der Waals surface area contributed by atoms with Crippen molar-refractivity contribution in [3.05, 3.63) is 44.9 Å². The number of aromatic carboxylic acids is 4. The second kappa shape index (κ2) is 5.69. The SMILES string of the molecule is O=C(O)c1ccc(C(=O)O)c2c(C(=O)O)c(Br)cc(C(=O)O)c12. The van der Waals surface area contributed by atoms with Gasteiger partial charge in [-0.05, 0) is 34.1 Å². The van der Waals surface area contributed by atoms with Crippen LogP contribution in [0.25, 0.3) is 10.8 Å². The minimum atomic E-state index is -1.52. The molecule has 0 aliphatic heterocycles. The molecule has 0 aliphatic carbocycles. The van der Waals surface area contributed by atoms with Gasteiger partial charge in [-0.3, -0.25) is 0 Å². The highest BCUT2D eigenvalue weighted by atomic mass is 79.9. The molecule has 118 valence electrons. The molecule has 0 aliphatic rings. The molecule has 0 bridgehead atoms. The summed E-state index contributed by atoms with van der Waals surface area (Å²) in [5.74, 6) is -6.06. The predicted octanol–water partition coefficient (Wildman–Crippen LogP) is 2.40. The van der Waals surface area contributed by atoms with Crippen LogP contribution < -0.4 is 0 Å². The van der Waals surface area contributed by atoms with Gasteiger partial charge in [0.25, 0.3) is 0 Å². The Balaban J connectivity index is 3.26. The number of carbonyl (C=O) groups is 4. The summed E-state index contributed by atoms with van der Waals surface area (Å²) in [6.45, 7) is 0. The molecule has 0 radical (unpaired) electrons. The van der Waals surface area contributed by atoms with Gasteiger partial charge < -0.3 is 20.4 Å². The Morgan fingerprint density at radius 1 is 0.696 bits per heavy atom. The van der Waals surface area contributed by atoms with E-state index in [1.165, 1.54) is 0 Å². The normalized spacial score (nSPS) is 10.5. The highest BCUT2D eigenvalue weighted by Crippen LogP contribution is 2.35. The number of benzene rings is 2. The average molecular weight is 383 g/mol. The minimum Gasteiger partial charge on any atom is -0.478 e. The van der Waals surface area contributed by atoms with E-state index < -0.39 is 56.9 Å². The lowest BCUT2D eigenvalue weighted by Gasteiger charge is -2.13.